The molecule has 0 unspecified atom stereocenters. The van der Waals surface area contributed by atoms with Gasteiger partial charge in [-0.3, -0.25) is 4.90 Å². The molecule has 0 bridgehead atoms. The normalized spacial score (nSPS) is 21.6. The molecule has 1 aliphatic rings. The number of halogens is 1. The Kier molecular flexibility index (Phi) is 4.55. The number of likely N-dealkylation sites (tertiary alicyclic amines) is 1. The van der Waals surface area contributed by atoms with Crippen LogP contribution in [0.15, 0.2) is 18.2 Å². The smallest absolute Gasteiger partial charge is 0.127 e. The Morgan fingerprint density at radius 2 is 2.22 bits per heavy atom. The van der Waals surface area contributed by atoms with Crippen molar-refractivity contribution >= 4 is 0 Å². The first kappa shape index (κ1) is 13.3. The molecule has 0 amide bonds. The Morgan fingerprint density at radius 3 is 3.00 bits per heavy atom. The van der Waals surface area contributed by atoms with Gasteiger partial charge < -0.3 is 10.5 Å². The zero-order chi connectivity index (χ0) is 13.0. The van der Waals surface area contributed by atoms with E-state index in [0.717, 1.165) is 32.4 Å². The molecule has 3 nitrogen and oxygen atoms in total. The minimum absolute atomic E-state index is 0.163. The zero-order valence-corrected chi connectivity index (χ0v) is 10.9. The second-order valence-corrected chi connectivity index (χ2v) is 4.92. The summed E-state index contributed by atoms with van der Waals surface area (Å²) in [5, 5.41) is 0. The number of hydrogen-bond acceptors (Lipinski definition) is 3. The van der Waals surface area contributed by atoms with Crippen LogP contribution in [0.1, 0.15) is 24.8 Å². The Labute approximate surface area is 108 Å². The summed E-state index contributed by atoms with van der Waals surface area (Å²) in [5.74, 6) is 0.544. The van der Waals surface area contributed by atoms with E-state index in [4.69, 9.17) is 10.5 Å². The van der Waals surface area contributed by atoms with E-state index in [-0.39, 0.29) is 5.82 Å². The van der Waals surface area contributed by atoms with E-state index in [1.165, 1.54) is 6.07 Å². The maximum absolute atomic E-state index is 13.7. The van der Waals surface area contributed by atoms with Gasteiger partial charge >= 0.3 is 0 Å². The topological polar surface area (TPSA) is 38.5 Å². The molecule has 18 heavy (non-hydrogen) atoms. The van der Waals surface area contributed by atoms with E-state index in [0.29, 0.717) is 23.9 Å². The molecule has 4 heteroatoms. The molecular weight excluding hydrogens is 231 g/mol. The number of rotatable bonds is 3. The van der Waals surface area contributed by atoms with Gasteiger partial charge in [-0.25, -0.2) is 4.39 Å². The Bertz CT molecular complexity index is 397. The van der Waals surface area contributed by atoms with Crippen molar-refractivity contribution in [2.24, 2.45) is 5.73 Å². The van der Waals surface area contributed by atoms with Gasteiger partial charge in [-0.15, -0.1) is 0 Å². The summed E-state index contributed by atoms with van der Waals surface area (Å²) in [5.41, 5.74) is 6.64. The monoisotopic (exact) mass is 252 g/mol. The molecule has 1 heterocycles. The average Bonchev–Trinajstić information content (AvgIpc) is 2.57. The lowest BCUT2D eigenvalue weighted by Crippen LogP contribution is -2.26. The summed E-state index contributed by atoms with van der Waals surface area (Å²) >= 11 is 0. The summed E-state index contributed by atoms with van der Waals surface area (Å²) in [4.78, 5) is 2.27. The second kappa shape index (κ2) is 6.16. The van der Waals surface area contributed by atoms with Gasteiger partial charge in [-0.2, -0.15) is 0 Å². The van der Waals surface area contributed by atoms with Gasteiger partial charge in [0, 0.05) is 18.2 Å². The lowest BCUT2D eigenvalue weighted by atomic mass is 10.1. The number of ether oxygens (including phenoxy) is 1. The molecule has 100 valence electrons. The van der Waals surface area contributed by atoms with Crippen molar-refractivity contribution in [2.45, 2.75) is 31.8 Å². The van der Waals surface area contributed by atoms with E-state index >= 15 is 0 Å². The fraction of sp³-hybridized carbons (Fsp3) is 0.571. The van der Waals surface area contributed by atoms with E-state index < -0.39 is 0 Å². The lowest BCUT2D eigenvalue weighted by molar-refractivity contribution is 0.271. The second-order valence-electron chi connectivity index (χ2n) is 4.92. The minimum atomic E-state index is -0.163. The summed E-state index contributed by atoms with van der Waals surface area (Å²) in [6.07, 6.45) is 3.15. The highest BCUT2D eigenvalue weighted by Crippen LogP contribution is 2.19. The largest absolute Gasteiger partial charge is 0.497 e. The summed E-state index contributed by atoms with van der Waals surface area (Å²) < 4.78 is 18.9. The first-order valence-electron chi connectivity index (χ1n) is 6.49. The fourth-order valence-electron chi connectivity index (χ4n) is 2.38. The Hall–Kier alpha value is -1.13. The highest BCUT2D eigenvalue weighted by Gasteiger charge is 2.15. The molecule has 1 aromatic carbocycles. The van der Waals surface area contributed by atoms with Gasteiger partial charge in [0.2, 0.25) is 0 Å². The van der Waals surface area contributed by atoms with E-state index in [1.807, 2.05) is 0 Å². The molecule has 0 aromatic heterocycles. The quantitative estimate of drug-likeness (QED) is 0.895. The highest BCUT2D eigenvalue weighted by molar-refractivity contribution is 5.29. The van der Waals surface area contributed by atoms with Crippen molar-refractivity contribution in [3.63, 3.8) is 0 Å². The van der Waals surface area contributed by atoms with Crippen LogP contribution in [0.5, 0.6) is 5.75 Å². The van der Waals surface area contributed by atoms with Crippen molar-refractivity contribution in [3.8, 4) is 5.75 Å². The number of nitrogens with zero attached hydrogens (tertiary/aromatic N) is 1. The molecule has 1 atom stereocenters. The van der Waals surface area contributed by atoms with Crippen molar-refractivity contribution in [1.29, 1.82) is 0 Å². The van der Waals surface area contributed by atoms with Crippen LogP contribution < -0.4 is 10.5 Å². The van der Waals surface area contributed by atoms with E-state index in [9.17, 15) is 4.39 Å². The number of nitrogens with two attached hydrogens (primary N) is 1. The van der Waals surface area contributed by atoms with Crippen LogP contribution in [0.2, 0.25) is 0 Å². The molecule has 1 aliphatic heterocycles. The standard InChI is InChI=1S/C14H21FN2O/c1-18-13-4-5-14(15)11(9-13)10-17-7-2-3-12(16)6-8-17/h4-5,9,12H,2-3,6-8,10,16H2,1H3/t12-/m0/s1. The predicted molar refractivity (Wildman–Crippen MR) is 70.1 cm³/mol. The maximum atomic E-state index is 13.7. The Morgan fingerprint density at radius 1 is 1.39 bits per heavy atom. The van der Waals surface area contributed by atoms with Gasteiger partial charge in [0.05, 0.1) is 7.11 Å². The molecule has 2 N–H and O–H groups in total. The highest BCUT2D eigenvalue weighted by atomic mass is 19.1. The molecule has 1 aromatic rings. The van der Waals surface area contributed by atoms with Crippen molar-refractivity contribution in [2.75, 3.05) is 20.2 Å². The first-order valence-corrected chi connectivity index (χ1v) is 6.49. The van der Waals surface area contributed by atoms with Gasteiger partial charge in [-0.1, -0.05) is 0 Å². The van der Waals surface area contributed by atoms with E-state index in [1.54, 1.807) is 19.2 Å². The van der Waals surface area contributed by atoms with Crippen LogP contribution in [0.3, 0.4) is 0 Å². The average molecular weight is 252 g/mol. The van der Waals surface area contributed by atoms with Crippen LogP contribution in [0.25, 0.3) is 0 Å². The number of benzene rings is 1. The zero-order valence-electron chi connectivity index (χ0n) is 10.9. The minimum Gasteiger partial charge on any atom is -0.497 e. The summed E-state index contributed by atoms with van der Waals surface area (Å²) in [7, 11) is 1.60. The van der Waals surface area contributed by atoms with Crippen LogP contribution in [0, 0.1) is 5.82 Å². The number of methoxy groups -OCH3 is 1. The van der Waals surface area contributed by atoms with Gasteiger partial charge in [-0.05, 0) is 50.6 Å². The SMILES string of the molecule is COc1ccc(F)c(CN2CCC[C@H](N)CC2)c1. The predicted octanol–water partition coefficient (Wildman–Crippen LogP) is 2.15. The Balaban J connectivity index is 2.03. The van der Waals surface area contributed by atoms with E-state index in [2.05, 4.69) is 4.90 Å². The lowest BCUT2D eigenvalue weighted by Gasteiger charge is -2.20. The van der Waals surface area contributed by atoms with Crippen LogP contribution in [0.4, 0.5) is 4.39 Å². The van der Waals surface area contributed by atoms with Gasteiger partial charge in [0.1, 0.15) is 11.6 Å². The van der Waals surface area contributed by atoms with Crippen molar-refractivity contribution in [1.82, 2.24) is 4.90 Å². The third-order valence-corrected chi connectivity index (χ3v) is 3.51. The third-order valence-electron chi connectivity index (χ3n) is 3.51. The fourth-order valence-corrected chi connectivity index (χ4v) is 2.38. The van der Waals surface area contributed by atoms with Crippen LogP contribution in [-0.2, 0) is 6.54 Å². The molecule has 0 aliphatic carbocycles. The summed E-state index contributed by atoms with van der Waals surface area (Å²) in [6, 6.07) is 5.19. The molecule has 0 spiro atoms. The molecular formula is C14H21FN2O. The first-order chi connectivity index (χ1) is 8.69. The maximum Gasteiger partial charge on any atom is 0.127 e. The molecule has 2 rings (SSSR count). The van der Waals surface area contributed by atoms with Crippen LogP contribution >= 0.6 is 0 Å². The van der Waals surface area contributed by atoms with Crippen molar-refractivity contribution in [3.05, 3.63) is 29.6 Å². The molecule has 1 saturated heterocycles. The molecule has 0 radical (unpaired) electrons. The summed E-state index contributed by atoms with van der Waals surface area (Å²) in [6.45, 7) is 2.57. The third kappa shape index (κ3) is 3.43. The van der Waals surface area contributed by atoms with Gasteiger partial charge in [0.25, 0.3) is 0 Å². The molecule has 1 fully saturated rings. The number of hydrogen-bond donors (Lipinski definition) is 1. The van der Waals surface area contributed by atoms with Gasteiger partial charge in [0.15, 0.2) is 0 Å². The van der Waals surface area contributed by atoms with Crippen LogP contribution in [-0.4, -0.2) is 31.1 Å². The van der Waals surface area contributed by atoms with Crippen molar-refractivity contribution < 1.29 is 9.13 Å². The molecule has 0 saturated carbocycles.